The van der Waals surface area contributed by atoms with Crippen molar-refractivity contribution < 1.29 is 5.11 Å². The highest BCUT2D eigenvalue weighted by atomic mass is 16.3. The highest BCUT2D eigenvalue weighted by Gasteiger charge is 2.13. The van der Waals surface area contributed by atoms with Gasteiger partial charge in [-0.05, 0) is 24.3 Å². The largest absolute Gasteiger partial charge is 0.388 e. The third-order valence-corrected chi connectivity index (χ3v) is 1.87. The van der Waals surface area contributed by atoms with Crippen molar-refractivity contribution in [1.82, 2.24) is 0 Å². The van der Waals surface area contributed by atoms with E-state index in [0.29, 0.717) is 5.92 Å². The van der Waals surface area contributed by atoms with E-state index in [1.807, 2.05) is 26.0 Å². The summed E-state index contributed by atoms with van der Waals surface area (Å²) < 4.78 is 0. The van der Waals surface area contributed by atoms with Gasteiger partial charge in [-0.25, -0.2) is 0 Å². The molecule has 0 fully saturated rings. The molecule has 1 heteroatoms. The lowest BCUT2D eigenvalue weighted by Crippen LogP contribution is -2.17. The van der Waals surface area contributed by atoms with Crippen LogP contribution in [0, 0.1) is 12.3 Å². The molecule has 0 aliphatic heterocycles. The molecule has 1 nitrogen and oxygen atoms in total. The van der Waals surface area contributed by atoms with E-state index in [4.69, 9.17) is 0 Å². The number of aliphatic hydroxyl groups is 1. The molecule has 1 radical (unpaired) electrons. The van der Waals surface area contributed by atoms with Gasteiger partial charge in [0.05, 0.1) is 6.10 Å². The van der Waals surface area contributed by atoms with Crippen molar-refractivity contribution >= 4 is 0 Å². The summed E-state index contributed by atoms with van der Waals surface area (Å²) in [7, 11) is 0. The van der Waals surface area contributed by atoms with Crippen LogP contribution in [0.25, 0.3) is 0 Å². The molecule has 61 valence electrons. The van der Waals surface area contributed by atoms with E-state index in [1.165, 1.54) is 0 Å². The summed E-state index contributed by atoms with van der Waals surface area (Å²) in [6.45, 7) is 4.04. The number of hydrogen-bond donors (Lipinski definition) is 1. The van der Waals surface area contributed by atoms with Crippen LogP contribution in [0.4, 0.5) is 0 Å². The number of rotatable bonds is 2. The second-order valence-electron chi connectivity index (χ2n) is 3.23. The van der Waals surface area contributed by atoms with Gasteiger partial charge >= 0.3 is 0 Å². The minimum Gasteiger partial charge on any atom is -0.388 e. The fourth-order valence-electron chi connectivity index (χ4n) is 1.12. The summed E-state index contributed by atoms with van der Waals surface area (Å²) in [6, 6.07) is 0. The Morgan fingerprint density at radius 3 is 2.64 bits per heavy atom. The van der Waals surface area contributed by atoms with Crippen molar-refractivity contribution in [2.75, 3.05) is 0 Å². The highest BCUT2D eigenvalue weighted by molar-refractivity contribution is 5.30. The van der Waals surface area contributed by atoms with Crippen molar-refractivity contribution in [3.8, 4) is 0 Å². The van der Waals surface area contributed by atoms with Crippen molar-refractivity contribution in [1.29, 1.82) is 0 Å². The van der Waals surface area contributed by atoms with E-state index in [2.05, 4.69) is 12.5 Å². The lowest BCUT2D eigenvalue weighted by Gasteiger charge is -2.17. The molecule has 1 unspecified atom stereocenters. The lowest BCUT2D eigenvalue weighted by molar-refractivity contribution is 0.163. The molecule has 0 saturated heterocycles. The molecule has 0 amide bonds. The number of aliphatic hydroxyl groups excluding tert-OH is 1. The van der Waals surface area contributed by atoms with Crippen LogP contribution in [0.3, 0.4) is 0 Å². The van der Waals surface area contributed by atoms with Gasteiger partial charge in [-0.3, -0.25) is 0 Å². The molecule has 1 atom stereocenters. The predicted octanol–water partition coefficient (Wildman–Crippen LogP) is 2.09. The van der Waals surface area contributed by atoms with E-state index in [9.17, 15) is 5.11 Å². The summed E-state index contributed by atoms with van der Waals surface area (Å²) in [6.07, 6.45) is 8.84. The van der Waals surface area contributed by atoms with Crippen LogP contribution < -0.4 is 0 Å². The zero-order valence-electron chi connectivity index (χ0n) is 7.12. The summed E-state index contributed by atoms with van der Waals surface area (Å²) in [5.74, 6) is 0.303. The molecule has 11 heavy (non-hydrogen) atoms. The second kappa shape index (κ2) is 3.72. The van der Waals surface area contributed by atoms with Crippen LogP contribution in [0.2, 0.25) is 0 Å². The molecule has 1 rings (SSSR count). The molecule has 0 heterocycles. The Hall–Kier alpha value is -0.560. The number of hydrogen-bond acceptors (Lipinski definition) is 1. The Balaban J connectivity index is 2.59. The number of allylic oxidation sites excluding steroid dienone is 2. The first kappa shape index (κ1) is 8.54. The Labute approximate surface area is 68.4 Å². The van der Waals surface area contributed by atoms with Gasteiger partial charge in [0, 0.05) is 0 Å². The monoisotopic (exact) mass is 151 g/mol. The Bertz CT molecular complexity index is 177. The molecule has 0 spiro atoms. The second-order valence-corrected chi connectivity index (χ2v) is 3.23. The molecular formula is C10H15O. The van der Waals surface area contributed by atoms with Crippen LogP contribution in [0.1, 0.15) is 20.3 Å². The summed E-state index contributed by atoms with van der Waals surface area (Å²) in [4.78, 5) is 0. The maximum Gasteiger partial charge on any atom is 0.0809 e. The normalized spacial score (nSPS) is 20.2. The zero-order chi connectivity index (χ0) is 8.27. The molecule has 1 aliphatic carbocycles. The minimum atomic E-state index is -0.303. The van der Waals surface area contributed by atoms with Gasteiger partial charge in [0.25, 0.3) is 0 Å². The Morgan fingerprint density at radius 1 is 1.45 bits per heavy atom. The van der Waals surface area contributed by atoms with E-state index >= 15 is 0 Å². The molecule has 0 saturated carbocycles. The first-order valence-electron chi connectivity index (χ1n) is 4.10. The van der Waals surface area contributed by atoms with Crippen molar-refractivity contribution in [2.45, 2.75) is 26.4 Å². The standard InChI is InChI=1S/C10H15O/c1-8(2)10(11)9-6-4-3-5-7-9/h4-8,10-11H,3H2,1-2H3. The summed E-state index contributed by atoms with van der Waals surface area (Å²) >= 11 is 0. The fourth-order valence-corrected chi connectivity index (χ4v) is 1.12. The Kier molecular flexibility index (Phi) is 2.89. The van der Waals surface area contributed by atoms with Crippen LogP contribution in [0.15, 0.2) is 23.8 Å². The maximum absolute atomic E-state index is 9.61. The smallest absolute Gasteiger partial charge is 0.0809 e. The lowest BCUT2D eigenvalue weighted by atomic mass is 9.95. The molecule has 0 aromatic carbocycles. The van der Waals surface area contributed by atoms with Crippen LogP contribution >= 0.6 is 0 Å². The van der Waals surface area contributed by atoms with Crippen molar-refractivity contribution in [3.63, 3.8) is 0 Å². The van der Waals surface area contributed by atoms with Crippen LogP contribution in [-0.4, -0.2) is 11.2 Å². The zero-order valence-corrected chi connectivity index (χ0v) is 7.12. The van der Waals surface area contributed by atoms with Gasteiger partial charge in [0.15, 0.2) is 0 Å². The fraction of sp³-hybridized carbons (Fsp3) is 0.500. The predicted molar refractivity (Wildman–Crippen MR) is 47.0 cm³/mol. The van der Waals surface area contributed by atoms with Gasteiger partial charge in [0.1, 0.15) is 0 Å². The highest BCUT2D eigenvalue weighted by Crippen LogP contribution is 2.17. The molecular weight excluding hydrogens is 136 g/mol. The third-order valence-electron chi connectivity index (χ3n) is 1.87. The van der Waals surface area contributed by atoms with Gasteiger partial charge in [-0.15, -0.1) is 0 Å². The van der Waals surface area contributed by atoms with Gasteiger partial charge in [-0.2, -0.15) is 0 Å². The summed E-state index contributed by atoms with van der Waals surface area (Å²) in [5, 5.41) is 9.61. The molecule has 0 aromatic heterocycles. The minimum absolute atomic E-state index is 0.303. The van der Waals surface area contributed by atoms with Crippen molar-refractivity contribution in [2.24, 2.45) is 5.92 Å². The quantitative estimate of drug-likeness (QED) is 0.640. The van der Waals surface area contributed by atoms with Crippen LogP contribution in [-0.2, 0) is 0 Å². The first-order chi connectivity index (χ1) is 5.22. The van der Waals surface area contributed by atoms with E-state index in [-0.39, 0.29) is 6.10 Å². The Morgan fingerprint density at radius 2 is 2.18 bits per heavy atom. The molecule has 0 bridgehead atoms. The average molecular weight is 151 g/mol. The van der Waals surface area contributed by atoms with Gasteiger partial charge in [0.2, 0.25) is 0 Å². The van der Waals surface area contributed by atoms with Crippen molar-refractivity contribution in [3.05, 3.63) is 30.2 Å². The maximum atomic E-state index is 9.61. The average Bonchev–Trinajstić information content (AvgIpc) is 2.05. The van der Waals surface area contributed by atoms with Crippen LogP contribution in [0.5, 0.6) is 0 Å². The first-order valence-corrected chi connectivity index (χ1v) is 4.10. The molecule has 0 aromatic rings. The van der Waals surface area contributed by atoms with Gasteiger partial charge < -0.3 is 5.11 Å². The van der Waals surface area contributed by atoms with E-state index in [1.54, 1.807) is 0 Å². The third kappa shape index (κ3) is 2.19. The SMILES string of the molecule is CC(C)C(O)C1=C[CH]CC=C1. The topological polar surface area (TPSA) is 20.2 Å². The van der Waals surface area contributed by atoms with E-state index in [0.717, 1.165) is 12.0 Å². The molecule has 1 N–H and O–H groups in total. The molecule has 1 aliphatic rings. The van der Waals surface area contributed by atoms with Gasteiger partial charge in [-0.1, -0.05) is 32.1 Å². The van der Waals surface area contributed by atoms with E-state index < -0.39 is 0 Å². The summed E-state index contributed by atoms with van der Waals surface area (Å²) in [5.41, 5.74) is 1.03.